The van der Waals surface area contributed by atoms with E-state index in [9.17, 15) is 14.4 Å². The summed E-state index contributed by atoms with van der Waals surface area (Å²) < 4.78 is 16.8. The van der Waals surface area contributed by atoms with Gasteiger partial charge in [-0.3, -0.25) is 14.4 Å². The van der Waals surface area contributed by atoms with Gasteiger partial charge in [-0.2, -0.15) is 0 Å². The fraction of sp³-hybridized carbons (Fsp3) is 0.787. The van der Waals surface area contributed by atoms with Crippen LogP contribution in [-0.4, -0.2) is 37.2 Å². The SMILES string of the molecule is CCCCCC=CCC=CCC=CCC=CCCCC(=O)OCC(COC(=O)CCCCCCCCCCCCCCCCC)OC(=O)CCCCCCCCCC=CCCCCCCCC. The highest BCUT2D eigenvalue weighted by molar-refractivity contribution is 5.71. The summed E-state index contributed by atoms with van der Waals surface area (Å²) in [4.78, 5) is 38.1. The molecule has 1 atom stereocenters. The summed E-state index contributed by atoms with van der Waals surface area (Å²) in [6.45, 7) is 6.59. The van der Waals surface area contributed by atoms with E-state index in [2.05, 4.69) is 81.5 Å². The quantitative estimate of drug-likeness (QED) is 0.0262. The molecule has 388 valence electrons. The van der Waals surface area contributed by atoms with Gasteiger partial charge in [-0.05, 0) is 83.5 Å². The van der Waals surface area contributed by atoms with E-state index in [1.54, 1.807) is 0 Å². The zero-order valence-electron chi connectivity index (χ0n) is 44.4. The Bertz CT molecular complexity index is 1210. The van der Waals surface area contributed by atoms with E-state index in [1.165, 1.54) is 180 Å². The lowest BCUT2D eigenvalue weighted by Gasteiger charge is -2.18. The number of hydrogen-bond donors (Lipinski definition) is 0. The molecular formula is C61H108O6. The van der Waals surface area contributed by atoms with Gasteiger partial charge >= 0.3 is 17.9 Å². The molecule has 67 heavy (non-hydrogen) atoms. The minimum absolute atomic E-state index is 0.0902. The van der Waals surface area contributed by atoms with Gasteiger partial charge in [0.25, 0.3) is 0 Å². The zero-order valence-corrected chi connectivity index (χ0v) is 44.4. The Morgan fingerprint density at radius 2 is 0.552 bits per heavy atom. The van der Waals surface area contributed by atoms with Crippen LogP contribution in [0.4, 0.5) is 0 Å². The monoisotopic (exact) mass is 937 g/mol. The smallest absolute Gasteiger partial charge is 0.306 e. The van der Waals surface area contributed by atoms with E-state index in [0.29, 0.717) is 19.3 Å². The topological polar surface area (TPSA) is 78.9 Å². The Kier molecular flexibility index (Phi) is 53.3. The van der Waals surface area contributed by atoms with E-state index in [1.807, 2.05) is 0 Å². The van der Waals surface area contributed by atoms with Crippen LogP contribution in [0.15, 0.2) is 60.8 Å². The van der Waals surface area contributed by atoms with Crippen molar-refractivity contribution in [2.75, 3.05) is 13.2 Å². The van der Waals surface area contributed by atoms with Crippen molar-refractivity contribution in [2.45, 2.75) is 297 Å². The maximum Gasteiger partial charge on any atom is 0.306 e. The van der Waals surface area contributed by atoms with Gasteiger partial charge in [-0.25, -0.2) is 0 Å². The molecule has 6 heteroatoms. The maximum atomic E-state index is 12.9. The van der Waals surface area contributed by atoms with Crippen LogP contribution in [0.2, 0.25) is 0 Å². The first-order valence-corrected chi connectivity index (χ1v) is 28.8. The van der Waals surface area contributed by atoms with Gasteiger partial charge in [0.05, 0.1) is 0 Å². The zero-order chi connectivity index (χ0) is 48.6. The number of ether oxygens (including phenoxy) is 3. The van der Waals surface area contributed by atoms with Gasteiger partial charge in [-0.1, -0.05) is 248 Å². The van der Waals surface area contributed by atoms with Gasteiger partial charge < -0.3 is 14.2 Å². The van der Waals surface area contributed by atoms with Gasteiger partial charge in [0.2, 0.25) is 0 Å². The molecule has 0 aromatic rings. The number of allylic oxidation sites excluding steroid dienone is 10. The molecule has 0 aromatic carbocycles. The average Bonchev–Trinajstić information content (AvgIpc) is 3.33. The molecule has 0 aromatic heterocycles. The van der Waals surface area contributed by atoms with Gasteiger partial charge in [0.1, 0.15) is 13.2 Å². The van der Waals surface area contributed by atoms with E-state index >= 15 is 0 Å². The third-order valence-electron chi connectivity index (χ3n) is 12.5. The minimum Gasteiger partial charge on any atom is -0.462 e. The summed E-state index contributed by atoms with van der Waals surface area (Å²) in [7, 11) is 0. The number of unbranched alkanes of at least 4 members (excludes halogenated alkanes) is 31. The first kappa shape index (κ1) is 64.1. The molecule has 0 saturated heterocycles. The standard InChI is InChI=1S/C61H108O6/c1-4-7-10-13-16-19-22-25-28-30-33-36-39-42-45-48-51-54-60(63)66-57-58(56-65-59(62)53-50-47-44-41-38-35-32-27-24-21-18-15-12-9-6-3)67-61(64)55-52-49-46-43-40-37-34-31-29-26-23-20-17-14-11-8-5-2/h16,19,25-26,28-29,33,36,42,45,58H,4-15,17-18,20-24,27,30-32,34-35,37-41,43-44,46-57H2,1-3H3. The molecule has 0 aliphatic rings. The molecule has 0 aliphatic carbocycles. The second-order valence-corrected chi connectivity index (χ2v) is 19.2. The second-order valence-electron chi connectivity index (χ2n) is 19.2. The van der Waals surface area contributed by atoms with Crippen LogP contribution >= 0.6 is 0 Å². The Balaban J connectivity index is 4.45. The highest BCUT2D eigenvalue weighted by Gasteiger charge is 2.19. The third kappa shape index (κ3) is 53.9. The van der Waals surface area contributed by atoms with E-state index < -0.39 is 6.10 Å². The summed E-state index contributed by atoms with van der Waals surface area (Å²) in [6.07, 6.45) is 69.2. The van der Waals surface area contributed by atoms with Crippen LogP contribution < -0.4 is 0 Å². The fourth-order valence-electron chi connectivity index (χ4n) is 8.14. The lowest BCUT2D eigenvalue weighted by Crippen LogP contribution is -2.30. The predicted molar refractivity (Wildman–Crippen MR) is 288 cm³/mol. The normalized spacial score (nSPS) is 12.5. The van der Waals surface area contributed by atoms with Crippen molar-refractivity contribution in [2.24, 2.45) is 0 Å². The molecule has 0 saturated carbocycles. The first-order valence-electron chi connectivity index (χ1n) is 28.8. The molecular weight excluding hydrogens is 829 g/mol. The van der Waals surface area contributed by atoms with Crippen LogP contribution in [-0.2, 0) is 28.6 Å². The van der Waals surface area contributed by atoms with Crippen molar-refractivity contribution in [1.82, 2.24) is 0 Å². The Morgan fingerprint density at radius 1 is 0.299 bits per heavy atom. The molecule has 0 fully saturated rings. The largest absolute Gasteiger partial charge is 0.462 e. The highest BCUT2D eigenvalue weighted by atomic mass is 16.6. The fourth-order valence-corrected chi connectivity index (χ4v) is 8.14. The summed E-state index contributed by atoms with van der Waals surface area (Å²) >= 11 is 0. The van der Waals surface area contributed by atoms with Crippen molar-refractivity contribution in [3.05, 3.63) is 60.8 Å². The molecule has 6 nitrogen and oxygen atoms in total. The van der Waals surface area contributed by atoms with E-state index in [-0.39, 0.29) is 37.5 Å². The van der Waals surface area contributed by atoms with Crippen molar-refractivity contribution in [3.8, 4) is 0 Å². The van der Waals surface area contributed by atoms with Gasteiger partial charge in [-0.15, -0.1) is 0 Å². The number of rotatable bonds is 52. The van der Waals surface area contributed by atoms with Gasteiger partial charge in [0.15, 0.2) is 6.10 Å². The average molecular weight is 938 g/mol. The second kappa shape index (κ2) is 55.7. The summed E-state index contributed by atoms with van der Waals surface area (Å²) in [5.41, 5.74) is 0. The molecule has 0 amide bonds. The number of esters is 3. The predicted octanol–water partition coefficient (Wildman–Crippen LogP) is 19.2. The lowest BCUT2D eigenvalue weighted by molar-refractivity contribution is -0.167. The number of carbonyl (C=O) groups excluding carboxylic acids is 3. The van der Waals surface area contributed by atoms with Gasteiger partial charge in [0, 0.05) is 19.3 Å². The number of hydrogen-bond acceptors (Lipinski definition) is 6. The van der Waals surface area contributed by atoms with Crippen LogP contribution in [0, 0.1) is 0 Å². The summed E-state index contributed by atoms with van der Waals surface area (Å²) in [5, 5.41) is 0. The summed E-state index contributed by atoms with van der Waals surface area (Å²) in [6, 6.07) is 0. The Labute approximate surface area is 415 Å². The molecule has 0 bridgehead atoms. The Hall–Kier alpha value is -2.89. The van der Waals surface area contributed by atoms with Crippen molar-refractivity contribution in [3.63, 3.8) is 0 Å². The van der Waals surface area contributed by atoms with Crippen molar-refractivity contribution < 1.29 is 28.6 Å². The maximum absolute atomic E-state index is 12.9. The van der Waals surface area contributed by atoms with Crippen LogP contribution in [0.5, 0.6) is 0 Å². The lowest BCUT2D eigenvalue weighted by atomic mass is 10.0. The molecule has 0 heterocycles. The molecule has 1 unspecified atom stereocenters. The highest BCUT2D eigenvalue weighted by Crippen LogP contribution is 2.16. The van der Waals surface area contributed by atoms with Crippen LogP contribution in [0.1, 0.15) is 290 Å². The van der Waals surface area contributed by atoms with Crippen LogP contribution in [0.3, 0.4) is 0 Å². The summed E-state index contributed by atoms with van der Waals surface area (Å²) in [5.74, 6) is -0.941. The molecule has 0 N–H and O–H groups in total. The van der Waals surface area contributed by atoms with Crippen molar-refractivity contribution >= 4 is 17.9 Å². The third-order valence-corrected chi connectivity index (χ3v) is 12.5. The molecule has 0 radical (unpaired) electrons. The number of carbonyl (C=O) groups is 3. The first-order chi connectivity index (χ1) is 33.0. The van der Waals surface area contributed by atoms with E-state index in [4.69, 9.17) is 14.2 Å². The molecule has 0 rings (SSSR count). The molecule has 0 spiro atoms. The minimum atomic E-state index is -0.796. The van der Waals surface area contributed by atoms with E-state index in [0.717, 1.165) is 64.2 Å². The van der Waals surface area contributed by atoms with Crippen molar-refractivity contribution in [1.29, 1.82) is 0 Å². The van der Waals surface area contributed by atoms with Crippen LogP contribution in [0.25, 0.3) is 0 Å². The molecule has 0 aliphatic heterocycles. The Morgan fingerprint density at radius 3 is 0.940 bits per heavy atom.